The van der Waals surface area contributed by atoms with Crippen LogP contribution >= 0.6 is 0 Å². The van der Waals surface area contributed by atoms with Crippen LogP contribution in [0.4, 0.5) is 13.2 Å². The molecule has 1 saturated carbocycles. The van der Waals surface area contributed by atoms with Crippen LogP contribution in [0.1, 0.15) is 56.4 Å². The van der Waals surface area contributed by atoms with Crippen LogP contribution in [0.2, 0.25) is 0 Å². The largest absolute Gasteiger partial charge is 0.573 e. The summed E-state index contributed by atoms with van der Waals surface area (Å²) in [6.07, 6.45) is -1.78. The molecule has 0 saturated heterocycles. The average molecular weight is 446 g/mol. The average Bonchev–Trinajstić information content (AvgIpc) is 3.04. The monoisotopic (exact) mass is 446 g/mol. The van der Waals surface area contributed by atoms with E-state index in [2.05, 4.69) is 30.1 Å². The van der Waals surface area contributed by atoms with Crippen LogP contribution in [0.15, 0.2) is 42.5 Å². The fraction of sp³-hybridized carbons (Fsp3) is 0.417. The Morgan fingerprint density at radius 2 is 1.84 bits per heavy atom. The van der Waals surface area contributed by atoms with Crippen molar-refractivity contribution in [3.05, 3.63) is 48.0 Å². The second-order valence-corrected chi connectivity index (χ2v) is 9.45. The van der Waals surface area contributed by atoms with Crippen LogP contribution in [-0.2, 0) is 0 Å². The van der Waals surface area contributed by atoms with Gasteiger partial charge in [0.1, 0.15) is 11.6 Å². The third-order valence-electron chi connectivity index (χ3n) is 6.01. The third kappa shape index (κ3) is 4.59. The fourth-order valence-electron chi connectivity index (χ4n) is 5.10. The maximum atomic E-state index is 12.5. The van der Waals surface area contributed by atoms with Crippen molar-refractivity contribution < 1.29 is 27.8 Å². The lowest BCUT2D eigenvalue weighted by molar-refractivity contribution is -0.274. The molecular formula is C24H25F3N2O3. The van der Waals surface area contributed by atoms with E-state index >= 15 is 0 Å². The Labute approximate surface area is 183 Å². The van der Waals surface area contributed by atoms with Crippen LogP contribution in [-0.4, -0.2) is 27.0 Å². The number of hydrogen-bond donors (Lipinski definition) is 1. The molecule has 1 aliphatic rings. The van der Waals surface area contributed by atoms with Crippen molar-refractivity contribution in [1.82, 2.24) is 9.55 Å². The maximum Gasteiger partial charge on any atom is 0.573 e. The minimum absolute atomic E-state index is 0.127. The van der Waals surface area contributed by atoms with Gasteiger partial charge in [-0.25, -0.2) is 9.78 Å². The predicted molar refractivity (Wildman–Crippen MR) is 115 cm³/mol. The Kier molecular flexibility index (Phi) is 5.43. The van der Waals surface area contributed by atoms with Crippen molar-refractivity contribution >= 4 is 17.0 Å². The SMILES string of the molecule is C[C@@H]1C[C@H](n2c(-c3ccc(OC(F)(F)F)cc3)nc3cc(C(=O)O)ccc32)CC(C)(C)C1. The zero-order valence-corrected chi connectivity index (χ0v) is 18.1. The quantitative estimate of drug-likeness (QED) is 0.485. The van der Waals surface area contributed by atoms with Gasteiger partial charge in [0.25, 0.3) is 0 Å². The third-order valence-corrected chi connectivity index (χ3v) is 6.01. The molecule has 1 heterocycles. The van der Waals surface area contributed by atoms with Crippen molar-refractivity contribution in [3.63, 3.8) is 0 Å². The Morgan fingerprint density at radius 3 is 2.44 bits per heavy atom. The van der Waals surface area contributed by atoms with E-state index in [0.717, 1.165) is 24.8 Å². The number of imidazole rings is 1. The molecule has 2 aromatic carbocycles. The standard InChI is InChI=1S/C24H25F3N2O3/c1-14-10-17(13-23(2,3)12-14)29-20-9-6-16(22(30)31)11-19(20)28-21(29)15-4-7-18(8-5-15)32-24(25,26)27/h4-9,11,14,17H,10,12-13H2,1-3H3,(H,30,31)/t14-,17+/m1/s1. The van der Waals surface area contributed by atoms with Crippen LogP contribution in [0.25, 0.3) is 22.4 Å². The number of hydrogen-bond acceptors (Lipinski definition) is 3. The molecule has 0 bridgehead atoms. The summed E-state index contributed by atoms with van der Waals surface area (Å²) in [5.74, 6) is -0.237. The van der Waals surface area contributed by atoms with Crippen LogP contribution in [0.5, 0.6) is 5.75 Å². The summed E-state index contributed by atoms with van der Waals surface area (Å²) < 4.78 is 43.7. The normalized spacial score (nSPS) is 20.9. The summed E-state index contributed by atoms with van der Waals surface area (Å²) in [6, 6.07) is 10.6. The summed E-state index contributed by atoms with van der Waals surface area (Å²) in [6.45, 7) is 6.69. The van der Waals surface area contributed by atoms with Crippen molar-refractivity contribution in [2.45, 2.75) is 52.4 Å². The zero-order chi connectivity index (χ0) is 23.3. The van der Waals surface area contributed by atoms with Gasteiger partial charge in [0.15, 0.2) is 0 Å². The molecule has 1 N–H and O–H groups in total. The van der Waals surface area contributed by atoms with Crippen molar-refractivity contribution in [3.8, 4) is 17.1 Å². The number of rotatable bonds is 4. The lowest BCUT2D eigenvalue weighted by Crippen LogP contribution is -2.29. The van der Waals surface area contributed by atoms with E-state index in [1.54, 1.807) is 24.3 Å². The lowest BCUT2D eigenvalue weighted by Gasteiger charge is -2.40. The second kappa shape index (κ2) is 7.83. The molecule has 0 radical (unpaired) electrons. The Morgan fingerprint density at radius 1 is 1.16 bits per heavy atom. The van der Waals surface area contributed by atoms with E-state index in [4.69, 9.17) is 4.98 Å². The van der Waals surface area contributed by atoms with Crippen molar-refractivity contribution in [2.75, 3.05) is 0 Å². The van der Waals surface area contributed by atoms with Crippen molar-refractivity contribution in [1.29, 1.82) is 0 Å². The number of carboxylic acid groups (broad SMARTS) is 1. The molecule has 0 spiro atoms. The number of aromatic nitrogens is 2. The number of alkyl halides is 3. The van der Waals surface area contributed by atoms with E-state index in [1.165, 1.54) is 18.2 Å². The molecular weight excluding hydrogens is 421 g/mol. The number of nitrogens with zero attached hydrogens (tertiary/aromatic N) is 2. The highest BCUT2D eigenvalue weighted by atomic mass is 19.4. The van der Waals surface area contributed by atoms with E-state index < -0.39 is 12.3 Å². The zero-order valence-electron chi connectivity index (χ0n) is 18.1. The first-order chi connectivity index (χ1) is 14.9. The van der Waals surface area contributed by atoms with Gasteiger partial charge in [-0.2, -0.15) is 0 Å². The molecule has 1 aliphatic carbocycles. The van der Waals surface area contributed by atoms with Gasteiger partial charge >= 0.3 is 12.3 Å². The summed E-state index contributed by atoms with van der Waals surface area (Å²) in [4.78, 5) is 16.2. The molecule has 4 rings (SSSR count). The Hall–Kier alpha value is -3.03. The molecule has 5 nitrogen and oxygen atoms in total. The number of halogens is 3. The molecule has 3 aromatic rings. The van der Waals surface area contributed by atoms with Crippen LogP contribution < -0.4 is 4.74 Å². The van der Waals surface area contributed by atoms with Gasteiger partial charge in [-0.1, -0.05) is 20.8 Å². The Balaban J connectivity index is 1.83. The minimum atomic E-state index is -4.76. The van der Waals surface area contributed by atoms with E-state index in [-0.39, 0.29) is 22.8 Å². The highest BCUT2D eigenvalue weighted by Gasteiger charge is 2.35. The van der Waals surface area contributed by atoms with E-state index in [0.29, 0.717) is 22.8 Å². The van der Waals surface area contributed by atoms with Gasteiger partial charge < -0.3 is 14.4 Å². The van der Waals surface area contributed by atoms with Gasteiger partial charge in [-0.3, -0.25) is 0 Å². The molecule has 32 heavy (non-hydrogen) atoms. The number of aromatic carboxylic acids is 1. The molecule has 0 unspecified atom stereocenters. The number of benzene rings is 2. The topological polar surface area (TPSA) is 64.4 Å². The minimum Gasteiger partial charge on any atom is -0.478 e. The molecule has 1 fully saturated rings. The van der Waals surface area contributed by atoms with Crippen molar-refractivity contribution in [2.24, 2.45) is 11.3 Å². The predicted octanol–water partition coefficient (Wildman–Crippen LogP) is 6.69. The number of carboxylic acids is 1. The van der Waals surface area contributed by atoms with Gasteiger partial charge in [0.05, 0.1) is 16.6 Å². The molecule has 170 valence electrons. The Bertz CT molecular complexity index is 1150. The smallest absolute Gasteiger partial charge is 0.478 e. The summed E-state index contributed by atoms with van der Waals surface area (Å²) >= 11 is 0. The summed E-state index contributed by atoms with van der Waals surface area (Å²) in [7, 11) is 0. The highest BCUT2D eigenvalue weighted by Crippen LogP contribution is 2.46. The van der Waals surface area contributed by atoms with E-state index in [1.807, 2.05) is 0 Å². The van der Waals surface area contributed by atoms with Crippen LogP contribution in [0.3, 0.4) is 0 Å². The van der Waals surface area contributed by atoms with E-state index in [9.17, 15) is 23.1 Å². The summed E-state index contributed by atoms with van der Waals surface area (Å²) in [5, 5.41) is 9.37. The van der Waals surface area contributed by atoms with Gasteiger partial charge in [0.2, 0.25) is 0 Å². The number of carbonyl (C=O) groups is 1. The van der Waals surface area contributed by atoms with Crippen LogP contribution in [0, 0.1) is 11.3 Å². The van der Waals surface area contributed by atoms with Gasteiger partial charge in [-0.15, -0.1) is 13.2 Å². The fourth-order valence-corrected chi connectivity index (χ4v) is 5.10. The molecule has 0 amide bonds. The first-order valence-electron chi connectivity index (χ1n) is 10.5. The van der Waals surface area contributed by atoms with Gasteiger partial charge in [-0.05, 0) is 73.1 Å². The lowest BCUT2D eigenvalue weighted by atomic mass is 9.70. The first kappa shape index (κ1) is 22.2. The molecule has 2 atom stereocenters. The second-order valence-electron chi connectivity index (χ2n) is 9.45. The summed E-state index contributed by atoms with van der Waals surface area (Å²) in [5.41, 5.74) is 2.27. The highest BCUT2D eigenvalue weighted by molar-refractivity contribution is 5.93. The number of fused-ring (bicyclic) bond motifs is 1. The van der Waals surface area contributed by atoms with Gasteiger partial charge in [0, 0.05) is 11.6 Å². The maximum absolute atomic E-state index is 12.5. The first-order valence-corrected chi connectivity index (χ1v) is 10.5. The molecule has 0 aliphatic heterocycles. The molecule has 1 aromatic heterocycles. The molecule has 8 heteroatoms. The number of ether oxygens (including phenoxy) is 1.